The van der Waals surface area contributed by atoms with E-state index >= 15 is 0 Å². The number of carbonyl (C=O) groups is 1. The fourth-order valence-electron chi connectivity index (χ4n) is 2.95. The lowest BCUT2D eigenvalue weighted by Crippen LogP contribution is -2.60. The third-order valence-corrected chi connectivity index (χ3v) is 3.99. The number of benzene rings is 1. The van der Waals surface area contributed by atoms with E-state index in [-0.39, 0.29) is 5.97 Å². The molecule has 0 amide bonds. The van der Waals surface area contributed by atoms with Crippen LogP contribution in [0.5, 0.6) is 0 Å². The number of anilines is 1. The van der Waals surface area contributed by atoms with E-state index < -0.39 is 11.3 Å². The van der Waals surface area contributed by atoms with Gasteiger partial charge in [-0.15, -0.1) is 0 Å². The van der Waals surface area contributed by atoms with Gasteiger partial charge in [-0.3, -0.25) is 0 Å². The number of hydrogen-bond acceptors (Lipinski definition) is 4. The molecule has 0 bridgehead atoms. The van der Waals surface area contributed by atoms with E-state index in [0.29, 0.717) is 25.0 Å². The first-order valence-corrected chi connectivity index (χ1v) is 9.48. The molecule has 0 saturated carbocycles. The van der Waals surface area contributed by atoms with Crippen LogP contribution in [-0.4, -0.2) is 30.4 Å². The molecule has 4 heteroatoms. The Labute approximate surface area is 158 Å². The molecule has 1 aromatic rings. The number of para-hydroxylation sites is 1. The monoisotopic (exact) mass is 359 g/mol. The fraction of sp³-hybridized carbons (Fsp3) is 0.591. The third-order valence-electron chi connectivity index (χ3n) is 3.99. The Morgan fingerprint density at radius 2 is 1.77 bits per heavy atom. The first kappa shape index (κ1) is 20.5. The smallest absolute Gasteiger partial charge is 0.364 e. The molecular formula is C22H33NO3. The summed E-state index contributed by atoms with van der Waals surface area (Å²) in [4.78, 5) is 15.4. The van der Waals surface area contributed by atoms with E-state index in [0.717, 1.165) is 11.3 Å². The number of nitrogens with zero attached hydrogens (tertiary/aromatic N) is 1. The minimum Gasteiger partial charge on any atom is -0.456 e. The second-order valence-corrected chi connectivity index (χ2v) is 8.80. The van der Waals surface area contributed by atoms with Gasteiger partial charge in [0, 0.05) is 12.2 Å². The molecule has 1 aromatic carbocycles. The summed E-state index contributed by atoms with van der Waals surface area (Å²) in [6, 6.07) is 8.10. The van der Waals surface area contributed by atoms with E-state index in [2.05, 4.69) is 38.7 Å². The molecule has 1 heterocycles. The molecule has 0 fully saturated rings. The highest BCUT2D eigenvalue weighted by Crippen LogP contribution is 2.38. The quantitative estimate of drug-likeness (QED) is 0.678. The lowest BCUT2D eigenvalue weighted by molar-refractivity contribution is -0.179. The van der Waals surface area contributed by atoms with E-state index in [1.807, 2.05) is 51.1 Å². The van der Waals surface area contributed by atoms with Gasteiger partial charge in [0.1, 0.15) is 5.60 Å². The lowest BCUT2D eigenvalue weighted by Gasteiger charge is -2.45. The number of hydrogen-bond donors (Lipinski definition) is 0. The first-order chi connectivity index (χ1) is 12.0. The first-order valence-electron chi connectivity index (χ1n) is 9.48. The predicted molar refractivity (Wildman–Crippen MR) is 107 cm³/mol. The van der Waals surface area contributed by atoms with Gasteiger partial charge in [-0.2, -0.15) is 0 Å². The molecule has 4 nitrogen and oxygen atoms in total. The Hall–Kier alpha value is -1.81. The largest absolute Gasteiger partial charge is 0.456 e. The Morgan fingerprint density at radius 1 is 1.12 bits per heavy atom. The van der Waals surface area contributed by atoms with Crippen LogP contribution in [0.1, 0.15) is 54.0 Å². The standard InChI is InChI=1S/C22H33NO3/c1-16(2)14-23-19-11-9-8-10-18(19)12-13-22(23,25-15-17(3)4)20(24)26-21(5,6)7/h8-13,16-17H,14-15H2,1-7H3. The van der Waals surface area contributed by atoms with Gasteiger partial charge in [0.05, 0.1) is 6.61 Å². The van der Waals surface area contributed by atoms with Crippen molar-refractivity contribution in [3.8, 4) is 0 Å². The van der Waals surface area contributed by atoms with Crippen molar-refractivity contribution < 1.29 is 14.3 Å². The van der Waals surface area contributed by atoms with Crippen molar-refractivity contribution >= 4 is 17.7 Å². The van der Waals surface area contributed by atoms with Gasteiger partial charge in [0.25, 0.3) is 5.72 Å². The van der Waals surface area contributed by atoms with E-state index in [9.17, 15) is 4.79 Å². The summed E-state index contributed by atoms with van der Waals surface area (Å²) in [5.74, 6) is 0.303. The second-order valence-electron chi connectivity index (χ2n) is 8.80. The molecule has 0 saturated heterocycles. The van der Waals surface area contributed by atoms with Crippen molar-refractivity contribution in [3.63, 3.8) is 0 Å². The molecule has 0 N–H and O–H groups in total. The Bertz CT molecular complexity index is 658. The van der Waals surface area contributed by atoms with Crippen molar-refractivity contribution in [1.82, 2.24) is 0 Å². The van der Waals surface area contributed by atoms with Gasteiger partial charge < -0.3 is 14.4 Å². The molecular weight excluding hydrogens is 326 g/mol. The molecule has 0 radical (unpaired) electrons. The molecule has 1 aliphatic rings. The van der Waals surface area contributed by atoms with Crippen molar-refractivity contribution in [3.05, 3.63) is 35.9 Å². The highest BCUT2D eigenvalue weighted by Gasteiger charge is 2.48. The maximum atomic E-state index is 13.3. The van der Waals surface area contributed by atoms with E-state index in [1.54, 1.807) is 0 Å². The summed E-state index contributed by atoms with van der Waals surface area (Å²) in [6.07, 6.45) is 3.82. The maximum Gasteiger partial charge on any atom is 0.364 e. The average Bonchev–Trinajstić information content (AvgIpc) is 2.52. The van der Waals surface area contributed by atoms with Crippen LogP contribution in [0.3, 0.4) is 0 Å². The normalized spacial score (nSPS) is 19.8. The number of carbonyl (C=O) groups excluding carboxylic acids is 1. The lowest BCUT2D eigenvalue weighted by atomic mass is 9.97. The zero-order chi connectivity index (χ0) is 19.5. The van der Waals surface area contributed by atoms with Crippen LogP contribution >= 0.6 is 0 Å². The summed E-state index contributed by atoms with van der Waals surface area (Å²) in [6.45, 7) is 15.3. The fourth-order valence-corrected chi connectivity index (χ4v) is 2.95. The van der Waals surface area contributed by atoms with Crippen molar-refractivity contribution in [1.29, 1.82) is 0 Å². The summed E-state index contributed by atoms with van der Waals surface area (Å²) < 4.78 is 12.1. The topological polar surface area (TPSA) is 38.8 Å². The van der Waals surface area contributed by atoms with Crippen LogP contribution in [0.15, 0.2) is 30.3 Å². The van der Waals surface area contributed by atoms with Crippen molar-refractivity contribution in [2.75, 3.05) is 18.1 Å². The van der Waals surface area contributed by atoms with Crippen LogP contribution in [0.2, 0.25) is 0 Å². The second kappa shape index (κ2) is 7.83. The number of ether oxygens (including phenoxy) is 2. The van der Waals surface area contributed by atoms with Crippen LogP contribution in [-0.2, 0) is 14.3 Å². The van der Waals surface area contributed by atoms with Gasteiger partial charge in [-0.05, 0) is 50.3 Å². The van der Waals surface area contributed by atoms with E-state index in [1.165, 1.54) is 0 Å². The molecule has 144 valence electrons. The molecule has 2 rings (SSSR count). The number of rotatable bonds is 6. The highest BCUT2D eigenvalue weighted by atomic mass is 16.6. The Kier molecular flexibility index (Phi) is 6.17. The van der Waals surface area contributed by atoms with Gasteiger partial charge in [-0.1, -0.05) is 52.0 Å². The zero-order valence-electron chi connectivity index (χ0n) is 17.2. The van der Waals surface area contributed by atoms with Crippen LogP contribution in [0, 0.1) is 11.8 Å². The van der Waals surface area contributed by atoms with Gasteiger partial charge in [-0.25, -0.2) is 4.79 Å². The Morgan fingerprint density at radius 3 is 2.35 bits per heavy atom. The zero-order valence-corrected chi connectivity index (χ0v) is 17.2. The third kappa shape index (κ3) is 4.67. The molecule has 0 aliphatic carbocycles. The van der Waals surface area contributed by atoms with Crippen LogP contribution < -0.4 is 4.90 Å². The SMILES string of the molecule is CC(C)COC1(C(=O)OC(C)(C)C)C=Cc2ccccc2N1CC(C)C. The van der Waals surface area contributed by atoms with Crippen LogP contribution in [0.4, 0.5) is 5.69 Å². The molecule has 1 aliphatic heterocycles. The predicted octanol–water partition coefficient (Wildman–Crippen LogP) is 4.89. The average molecular weight is 360 g/mol. The van der Waals surface area contributed by atoms with Gasteiger partial charge in [0.15, 0.2) is 0 Å². The molecule has 26 heavy (non-hydrogen) atoms. The number of fused-ring (bicyclic) bond motifs is 1. The summed E-state index contributed by atoms with van der Waals surface area (Å²) in [7, 11) is 0. The maximum absolute atomic E-state index is 13.3. The summed E-state index contributed by atoms with van der Waals surface area (Å²) >= 11 is 0. The molecule has 0 aromatic heterocycles. The number of esters is 1. The van der Waals surface area contributed by atoms with Gasteiger partial charge in [0.2, 0.25) is 0 Å². The molecule has 0 spiro atoms. The van der Waals surface area contributed by atoms with Crippen molar-refractivity contribution in [2.45, 2.75) is 59.8 Å². The van der Waals surface area contributed by atoms with Crippen molar-refractivity contribution in [2.24, 2.45) is 11.8 Å². The van der Waals surface area contributed by atoms with Gasteiger partial charge >= 0.3 is 5.97 Å². The minimum absolute atomic E-state index is 0.306. The highest BCUT2D eigenvalue weighted by molar-refractivity contribution is 5.91. The molecule has 1 atom stereocenters. The Balaban J connectivity index is 2.54. The minimum atomic E-state index is -1.24. The van der Waals surface area contributed by atoms with Crippen LogP contribution in [0.25, 0.3) is 6.08 Å². The molecule has 1 unspecified atom stereocenters. The summed E-state index contributed by atoms with van der Waals surface area (Å²) in [5.41, 5.74) is 0.259. The van der Waals surface area contributed by atoms with E-state index in [4.69, 9.17) is 9.47 Å². The summed E-state index contributed by atoms with van der Waals surface area (Å²) in [5, 5.41) is 0.